The van der Waals surface area contributed by atoms with E-state index in [2.05, 4.69) is 39.2 Å². The molecule has 1 unspecified atom stereocenters. The largest absolute Gasteiger partial charge is 0.444 e. The van der Waals surface area contributed by atoms with Crippen molar-refractivity contribution in [2.75, 3.05) is 19.7 Å². The van der Waals surface area contributed by atoms with Crippen molar-refractivity contribution >= 4 is 20.3 Å². The quantitative estimate of drug-likeness (QED) is 0.703. The van der Waals surface area contributed by atoms with Crippen LogP contribution in [0.3, 0.4) is 0 Å². The number of nitrogens with one attached hydrogen (secondary N) is 1. The number of nitrogens with zero attached hydrogens (tertiary/aromatic N) is 1. The summed E-state index contributed by atoms with van der Waals surface area (Å²) in [6.07, 6.45) is 2.07. The van der Waals surface area contributed by atoms with E-state index in [9.17, 15) is 9.59 Å². The summed E-state index contributed by atoms with van der Waals surface area (Å²) >= 11 is 0. The molecule has 0 aromatic carbocycles. The molecule has 1 heterocycles. The monoisotopic (exact) mass is 386 g/mol. The van der Waals surface area contributed by atoms with Crippen LogP contribution in [0.25, 0.3) is 0 Å². The van der Waals surface area contributed by atoms with Crippen LogP contribution < -0.4 is 5.32 Å². The van der Waals surface area contributed by atoms with Crippen LogP contribution in [0.2, 0.25) is 18.1 Å². The van der Waals surface area contributed by atoms with E-state index in [0.717, 1.165) is 19.4 Å². The van der Waals surface area contributed by atoms with E-state index in [1.54, 1.807) is 0 Å². The molecular weight excluding hydrogens is 348 g/mol. The van der Waals surface area contributed by atoms with Crippen LogP contribution in [0, 0.1) is 0 Å². The zero-order valence-corrected chi connectivity index (χ0v) is 18.9. The molecule has 152 valence electrons. The summed E-state index contributed by atoms with van der Waals surface area (Å²) in [7, 11) is -1.94. The first-order valence-electron chi connectivity index (χ1n) is 9.62. The second-order valence-electron chi connectivity index (χ2n) is 9.71. The first-order chi connectivity index (χ1) is 11.7. The van der Waals surface area contributed by atoms with Crippen molar-refractivity contribution in [3.05, 3.63) is 0 Å². The molecule has 1 aliphatic rings. The number of carbonyl (C=O) groups is 2. The van der Waals surface area contributed by atoms with Gasteiger partial charge in [0.2, 0.25) is 5.91 Å². The van der Waals surface area contributed by atoms with Crippen LogP contribution in [0.1, 0.15) is 60.8 Å². The minimum atomic E-state index is -1.94. The average molecular weight is 387 g/mol. The molecule has 0 radical (unpaired) electrons. The van der Waals surface area contributed by atoms with Gasteiger partial charge in [-0.15, -0.1) is 0 Å². The number of carbonyl (C=O) groups excluding carboxylic acids is 2. The Bertz CT molecular complexity index is 495. The lowest BCUT2D eigenvalue weighted by atomic mass is 10.1. The molecule has 0 spiro atoms. The van der Waals surface area contributed by atoms with Gasteiger partial charge in [0.1, 0.15) is 5.60 Å². The number of piperidine rings is 1. The molecular formula is C19H38N2O4Si. The molecule has 0 saturated carbocycles. The second kappa shape index (κ2) is 8.74. The summed E-state index contributed by atoms with van der Waals surface area (Å²) in [5, 5.41) is 3.00. The zero-order valence-electron chi connectivity index (χ0n) is 17.9. The second-order valence-corrected chi connectivity index (χ2v) is 14.5. The molecule has 1 rings (SSSR count). The fraction of sp³-hybridized carbons (Fsp3) is 0.895. The van der Waals surface area contributed by atoms with Crippen molar-refractivity contribution in [2.45, 2.75) is 90.6 Å². The smallest absolute Gasteiger partial charge is 0.408 e. The lowest BCUT2D eigenvalue weighted by molar-refractivity contribution is -0.133. The third kappa shape index (κ3) is 7.66. The molecule has 0 bridgehead atoms. The summed E-state index contributed by atoms with van der Waals surface area (Å²) in [4.78, 5) is 26.2. The summed E-state index contributed by atoms with van der Waals surface area (Å²) < 4.78 is 11.7. The predicted molar refractivity (Wildman–Crippen MR) is 107 cm³/mol. The van der Waals surface area contributed by atoms with Gasteiger partial charge < -0.3 is 19.4 Å². The zero-order chi connectivity index (χ0) is 20.2. The average Bonchev–Trinajstić information content (AvgIpc) is 2.44. The topological polar surface area (TPSA) is 67.9 Å². The van der Waals surface area contributed by atoms with Crippen molar-refractivity contribution in [1.82, 2.24) is 10.2 Å². The van der Waals surface area contributed by atoms with E-state index in [1.165, 1.54) is 0 Å². The van der Waals surface area contributed by atoms with Crippen molar-refractivity contribution < 1.29 is 18.8 Å². The van der Waals surface area contributed by atoms with Crippen molar-refractivity contribution in [2.24, 2.45) is 0 Å². The Hall–Kier alpha value is -1.08. The summed E-state index contributed by atoms with van der Waals surface area (Å²) in [6, 6.07) is -0.277. The number of hydrogen-bond acceptors (Lipinski definition) is 4. The van der Waals surface area contributed by atoms with E-state index in [-0.39, 0.29) is 17.0 Å². The number of alkyl carbamates (subject to hydrolysis) is 1. The highest BCUT2D eigenvalue weighted by Gasteiger charge is 2.38. The molecule has 0 aromatic rings. The van der Waals surface area contributed by atoms with Gasteiger partial charge in [-0.25, -0.2) is 4.79 Å². The highest BCUT2D eigenvalue weighted by atomic mass is 28.4. The van der Waals surface area contributed by atoms with Gasteiger partial charge in [-0.1, -0.05) is 20.8 Å². The molecule has 26 heavy (non-hydrogen) atoms. The Morgan fingerprint density at radius 1 is 1.19 bits per heavy atom. The van der Waals surface area contributed by atoms with E-state index >= 15 is 0 Å². The van der Waals surface area contributed by atoms with Gasteiger partial charge in [0.15, 0.2) is 8.32 Å². The van der Waals surface area contributed by atoms with Crippen molar-refractivity contribution in [1.29, 1.82) is 0 Å². The Morgan fingerprint density at radius 2 is 1.81 bits per heavy atom. The van der Waals surface area contributed by atoms with Crippen LogP contribution in [0.15, 0.2) is 0 Å². The van der Waals surface area contributed by atoms with E-state index in [0.29, 0.717) is 19.6 Å². The number of ether oxygens (including phenoxy) is 1. The van der Waals surface area contributed by atoms with Crippen molar-refractivity contribution in [3.8, 4) is 0 Å². The molecule has 1 saturated heterocycles. The predicted octanol–water partition coefficient (Wildman–Crippen LogP) is 3.91. The van der Waals surface area contributed by atoms with Gasteiger partial charge in [-0.3, -0.25) is 4.79 Å². The minimum absolute atomic E-state index is 0.0877. The molecule has 7 heteroatoms. The maximum absolute atomic E-state index is 12.2. The van der Waals surface area contributed by atoms with E-state index in [1.807, 2.05) is 25.7 Å². The van der Waals surface area contributed by atoms with Gasteiger partial charge in [-0.05, 0) is 51.7 Å². The first-order valence-corrected chi connectivity index (χ1v) is 12.5. The standard InChI is InChI=1S/C19H38N2O4Si/c1-18(2,3)25-17(23)20-15(13-21-12-10-9-11-16(21)22)14-24-26(7,8)19(4,5)6/h15H,9-14H2,1-8H3,(H,20,23). The third-order valence-corrected chi connectivity index (χ3v) is 9.54. The third-order valence-electron chi connectivity index (χ3n) is 5.03. The van der Waals surface area contributed by atoms with Gasteiger partial charge in [0.25, 0.3) is 0 Å². The summed E-state index contributed by atoms with van der Waals surface area (Å²) in [5.41, 5.74) is -0.560. The fourth-order valence-corrected chi connectivity index (χ4v) is 3.51. The molecule has 0 aromatic heterocycles. The molecule has 1 aliphatic heterocycles. The number of amides is 2. The SMILES string of the molecule is CC(C)(C)OC(=O)NC(CO[Si](C)(C)C(C)(C)C)CN1CCCCC1=O. The molecule has 1 N–H and O–H groups in total. The molecule has 2 amide bonds. The lowest BCUT2D eigenvalue weighted by Gasteiger charge is -2.38. The maximum Gasteiger partial charge on any atom is 0.408 e. The van der Waals surface area contributed by atoms with E-state index < -0.39 is 20.0 Å². The van der Waals surface area contributed by atoms with Crippen molar-refractivity contribution in [3.63, 3.8) is 0 Å². The maximum atomic E-state index is 12.2. The Morgan fingerprint density at radius 3 is 2.31 bits per heavy atom. The van der Waals surface area contributed by atoms with Gasteiger partial charge in [0.05, 0.1) is 12.6 Å². The molecule has 6 nitrogen and oxygen atoms in total. The highest BCUT2D eigenvalue weighted by Crippen LogP contribution is 2.36. The Labute approximate surface area is 160 Å². The van der Waals surface area contributed by atoms with Gasteiger partial charge >= 0.3 is 6.09 Å². The summed E-state index contributed by atoms with van der Waals surface area (Å²) in [6.45, 7) is 18.0. The molecule has 0 aliphatic carbocycles. The minimum Gasteiger partial charge on any atom is -0.444 e. The molecule has 1 atom stereocenters. The normalized spacial score (nSPS) is 17.8. The van der Waals surface area contributed by atoms with Crippen LogP contribution in [0.5, 0.6) is 0 Å². The number of rotatable bonds is 6. The summed E-state index contributed by atoms with van der Waals surface area (Å²) in [5.74, 6) is 0.152. The van der Waals surface area contributed by atoms with Gasteiger partial charge in [0, 0.05) is 19.5 Å². The van der Waals surface area contributed by atoms with Crippen LogP contribution in [-0.4, -0.2) is 56.6 Å². The lowest BCUT2D eigenvalue weighted by Crippen LogP contribution is -2.52. The van der Waals surface area contributed by atoms with Crippen LogP contribution in [0.4, 0.5) is 4.79 Å². The fourth-order valence-electron chi connectivity index (χ4n) is 2.46. The number of hydrogen-bond donors (Lipinski definition) is 1. The van der Waals surface area contributed by atoms with Crippen LogP contribution >= 0.6 is 0 Å². The van der Waals surface area contributed by atoms with Gasteiger partial charge in [-0.2, -0.15) is 0 Å². The highest BCUT2D eigenvalue weighted by molar-refractivity contribution is 6.74. The molecule has 1 fully saturated rings. The van der Waals surface area contributed by atoms with E-state index in [4.69, 9.17) is 9.16 Å². The Balaban J connectivity index is 2.77. The van der Waals surface area contributed by atoms with Crippen LogP contribution in [-0.2, 0) is 14.0 Å². The number of likely N-dealkylation sites (tertiary alicyclic amines) is 1. The first kappa shape index (κ1) is 23.0. The Kier molecular flexibility index (Phi) is 7.71.